The summed E-state index contributed by atoms with van der Waals surface area (Å²) < 4.78 is 35.0. The zero-order valence-electron chi connectivity index (χ0n) is 24.6. The van der Waals surface area contributed by atoms with Crippen LogP contribution in [0.1, 0.15) is 35.6 Å². The quantitative estimate of drug-likeness (QED) is 0.0579. The Hall–Kier alpha value is -5.24. The van der Waals surface area contributed by atoms with Gasteiger partial charge in [0, 0.05) is 17.2 Å². The molecule has 0 bridgehead atoms. The van der Waals surface area contributed by atoms with Crippen LogP contribution in [0.3, 0.4) is 0 Å². The van der Waals surface area contributed by atoms with Gasteiger partial charge in [-0.25, -0.2) is 14.5 Å². The summed E-state index contributed by atoms with van der Waals surface area (Å²) in [5.74, 6) is 4.76. The molecule has 0 aliphatic carbocycles. The highest BCUT2D eigenvalue weighted by molar-refractivity contribution is 5.88. The number of allylic oxidation sites excluding steroid dienone is 1. The Kier molecular flexibility index (Phi) is 13.1. The van der Waals surface area contributed by atoms with E-state index in [0.29, 0.717) is 18.4 Å². The Labute approximate surface area is 259 Å². The van der Waals surface area contributed by atoms with Gasteiger partial charge < -0.3 is 19.7 Å². The van der Waals surface area contributed by atoms with Crippen LogP contribution in [0.2, 0.25) is 0 Å². The van der Waals surface area contributed by atoms with Crippen molar-refractivity contribution in [3.8, 4) is 34.5 Å². The van der Waals surface area contributed by atoms with Crippen LogP contribution in [0.5, 0.6) is 11.5 Å². The number of aliphatic hydroxyl groups is 2. The van der Waals surface area contributed by atoms with E-state index in [0.717, 1.165) is 33.9 Å². The van der Waals surface area contributed by atoms with Crippen LogP contribution in [0.15, 0.2) is 97.1 Å². The summed E-state index contributed by atoms with van der Waals surface area (Å²) in [6.45, 7) is 7.10. The van der Waals surface area contributed by atoms with Crippen LogP contribution in [-0.4, -0.2) is 42.2 Å². The molecule has 0 unspecified atom stereocenters. The first-order valence-corrected chi connectivity index (χ1v) is 13.8. The molecule has 0 aliphatic heterocycles. The minimum absolute atomic E-state index is 0.0768. The summed E-state index contributed by atoms with van der Waals surface area (Å²) >= 11 is 0. The van der Waals surface area contributed by atoms with Crippen LogP contribution in [0.25, 0.3) is 11.1 Å². The van der Waals surface area contributed by atoms with Crippen molar-refractivity contribution in [2.75, 3.05) is 20.0 Å². The van der Waals surface area contributed by atoms with E-state index in [4.69, 9.17) is 29.5 Å². The highest BCUT2D eigenvalue weighted by Crippen LogP contribution is 2.33. The summed E-state index contributed by atoms with van der Waals surface area (Å²) in [4.78, 5) is 33.7. The summed E-state index contributed by atoms with van der Waals surface area (Å²) in [6.07, 6.45) is 0.638. The molecule has 0 fully saturated rings. The van der Waals surface area contributed by atoms with Crippen molar-refractivity contribution in [2.24, 2.45) is 0 Å². The van der Waals surface area contributed by atoms with Crippen molar-refractivity contribution in [2.45, 2.75) is 26.2 Å². The molecule has 0 aromatic heterocycles. The lowest BCUT2D eigenvalue weighted by Gasteiger charge is -2.14. The van der Waals surface area contributed by atoms with Crippen molar-refractivity contribution >= 4 is 11.9 Å². The average molecular weight is 619 g/mol. The zero-order chi connectivity index (χ0) is 32.8. The van der Waals surface area contributed by atoms with E-state index in [1.54, 1.807) is 12.1 Å². The van der Waals surface area contributed by atoms with Gasteiger partial charge in [0.15, 0.2) is 5.75 Å². The highest BCUT2D eigenvalue weighted by Gasteiger charge is 2.14. The van der Waals surface area contributed by atoms with Gasteiger partial charge in [0.25, 0.3) is 6.08 Å². The maximum Gasteiger partial charge on any atom is 0.383 e. The molecule has 0 saturated heterocycles. The van der Waals surface area contributed by atoms with Gasteiger partial charge in [0.1, 0.15) is 5.75 Å². The summed E-state index contributed by atoms with van der Waals surface area (Å²) in [5.41, 5.74) is 4.50. The monoisotopic (exact) mass is 618 g/mol. The van der Waals surface area contributed by atoms with Crippen LogP contribution < -0.4 is 9.62 Å². The second kappa shape index (κ2) is 17.2. The third-order valence-corrected chi connectivity index (χ3v) is 6.30. The fourth-order valence-electron chi connectivity index (χ4n) is 3.88. The number of aliphatic hydroxyl groups excluding tert-OH is 2. The molecular formula is C35H32F2O8. The van der Waals surface area contributed by atoms with Gasteiger partial charge in [0.2, 0.25) is 6.79 Å². The zero-order valence-corrected chi connectivity index (χ0v) is 24.6. The van der Waals surface area contributed by atoms with Gasteiger partial charge in [-0.05, 0) is 84.0 Å². The second-order valence-electron chi connectivity index (χ2n) is 9.57. The van der Waals surface area contributed by atoms with E-state index in [9.17, 15) is 18.4 Å². The van der Waals surface area contributed by atoms with E-state index in [2.05, 4.69) is 25.0 Å². The van der Waals surface area contributed by atoms with Crippen molar-refractivity contribution in [1.82, 2.24) is 0 Å². The number of halogens is 2. The molecular weight excluding hydrogens is 586 g/mol. The van der Waals surface area contributed by atoms with E-state index in [1.807, 2.05) is 49.4 Å². The Balaban J connectivity index is 1.85. The molecule has 45 heavy (non-hydrogen) atoms. The number of aryl methyl sites for hydroxylation is 2. The summed E-state index contributed by atoms with van der Waals surface area (Å²) in [6, 6.07) is 17.8. The fourth-order valence-corrected chi connectivity index (χ4v) is 3.88. The molecule has 3 rings (SSSR count). The first kappa shape index (κ1) is 34.3. The molecule has 0 saturated carbocycles. The molecule has 0 atom stereocenters. The molecule has 0 aliphatic rings. The topological polar surface area (TPSA) is 112 Å². The number of rotatable bonds is 14. The Morgan fingerprint density at radius 2 is 1.51 bits per heavy atom. The lowest BCUT2D eigenvalue weighted by Crippen LogP contribution is -2.14. The molecule has 3 aromatic rings. The molecule has 2 N–H and O–H groups in total. The molecule has 0 spiro atoms. The van der Waals surface area contributed by atoms with Gasteiger partial charge in [-0.1, -0.05) is 50.1 Å². The number of carbonyl (C=O) groups excluding carboxylic acids is 2. The smallest absolute Gasteiger partial charge is 0.383 e. The van der Waals surface area contributed by atoms with Gasteiger partial charge in [0.05, 0.1) is 24.4 Å². The number of ether oxygens (including phenoxy) is 2. The highest BCUT2D eigenvalue weighted by atomic mass is 19.3. The van der Waals surface area contributed by atoms with Crippen molar-refractivity contribution in [3.05, 3.63) is 119 Å². The van der Waals surface area contributed by atoms with Crippen LogP contribution in [0.4, 0.5) is 8.78 Å². The number of esters is 1. The number of hydrogen-bond donors (Lipinski definition) is 2. The van der Waals surface area contributed by atoms with Crippen molar-refractivity contribution < 1.29 is 47.8 Å². The predicted molar refractivity (Wildman–Crippen MR) is 163 cm³/mol. The molecule has 8 nitrogen and oxygen atoms in total. The van der Waals surface area contributed by atoms with Crippen molar-refractivity contribution in [3.63, 3.8) is 0 Å². The molecule has 0 radical (unpaired) electrons. The molecule has 3 aromatic carbocycles. The SMILES string of the molecule is C=C(CO)C(=O)OCOc1cc(OOC(=O)C(=C)CO)cc(-c2ccc(C#Cc3ccc(CCC=C(F)F)cc3)cc2CC)c1. The van der Waals surface area contributed by atoms with Crippen LogP contribution in [0, 0.1) is 11.8 Å². The predicted octanol–water partition coefficient (Wildman–Crippen LogP) is 5.84. The normalized spacial score (nSPS) is 10.2. The Bertz CT molecular complexity index is 1630. The second-order valence-corrected chi connectivity index (χ2v) is 9.57. The maximum atomic E-state index is 12.3. The summed E-state index contributed by atoms with van der Waals surface area (Å²) in [5, 5.41) is 18.1. The average Bonchev–Trinajstić information content (AvgIpc) is 3.05. The minimum Gasteiger partial charge on any atom is -0.457 e. The lowest BCUT2D eigenvalue weighted by atomic mass is 9.95. The fraction of sp³-hybridized carbons (Fsp3) is 0.200. The van der Waals surface area contributed by atoms with Crippen LogP contribution >= 0.6 is 0 Å². The molecule has 10 heteroatoms. The van der Waals surface area contributed by atoms with E-state index < -0.39 is 38.0 Å². The third kappa shape index (κ3) is 10.8. The van der Waals surface area contributed by atoms with E-state index in [-0.39, 0.29) is 29.1 Å². The Morgan fingerprint density at radius 1 is 0.867 bits per heavy atom. The number of hydrogen-bond acceptors (Lipinski definition) is 8. The van der Waals surface area contributed by atoms with Gasteiger partial charge in [-0.3, -0.25) is 4.89 Å². The number of carbonyl (C=O) groups is 2. The minimum atomic E-state index is -1.68. The third-order valence-electron chi connectivity index (χ3n) is 6.30. The standard InChI is InChI=1S/C35H32F2O8/c1-4-28-16-27(13-12-26-10-8-25(9-11-26)6-5-7-33(36)37)14-15-32(28)29-17-30(42-22-43-34(40)23(2)20-38)19-31(18-29)44-45-35(41)24(3)21-39/h7-11,14-19,38-39H,2-6,20-22H2,1H3. The maximum absolute atomic E-state index is 12.3. The molecule has 234 valence electrons. The summed E-state index contributed by atoms with van der Waals surface area (Å²) in [7, 11) is 0. The van der Waals surface area contributed by atoms with Gasteiger partial charge in [-0.2, -0.15) is 8.78 Å². The van der Waals surface area contributed by atoms with Gasteiger partial charge >= 0.3 is 11.9 Å². The van der Waals surface area contributed by atoms with E-state index in [1.165, 1.54) is 6.07 Å². The van der Waals surface area contributed by atoms with E-state index >= 15 is 0 Å². The first-order valence-electron chi connectivity index (χ1n) is 13.8. The first-order chi connectivity index (χ1) is 21.6. The van der Waals surface area contributed by atoms with Gasteiger partial charge in [-0.15, -0.1) is 0 Å². The Morgan fingerprint density at radius 3 is 2.18 bits per heavy atom. The number of benzene rings is 3. The lowest BCUT2D eigenvalue weighted by molar-refractivity contribution is -0.209. The molecule has 0 amide bonds. The largest absolute Gasteiger partial charge is 0.457 e. The van der Waals surface area contributed by atoms with Crippen molar-refractivity contribution in [1.29, 1.82) is 0 Å². The van der Waals surface area contributed by atoms with Crippen LogP contribution in [-0.2, 0) is 32.1 Å². The molecule has 0 heterocycles.